The number of aromatic nitrogens is 3. The van der Waals surface area contributed by atoms with Crippen LogP contribution in [-0.4, -0.2) is 20.5 Å². The van der Waals surface area contributed by atoms with Crippen LogP contribution >= 0.6 is 0 Å². The molecular formula is C25H22F3N3O. The maximum atomic E-state index is 14.5. The Bertz CT molecular complexity index is 1300. The highest BCUT2D eigenvalue weighted by atomic mass is 19.1. The van der Waals surface area contributed by atoms with E-state index in [9.17, 15) is 18.0 Å². The third-order valence-corrected chi connectivity index (χ3v) is 6.40. The molecule has 2 heterocycles. The molecule has 0 radical (unpaired) electrons. The summed E-state index contributed by atoms with van der Waals surface area (Å²) >= 11 is 0. The number of carbonyl (C=O) groups is 1. The molecule has 0 atom stereocenters. The number of nitrogens with one attached hydrogen (secondary N) is 1. The fraction of sp³-hybridized carbons (Fsp3) is 0.280. The lowest BCUT2D eigenvalue weighted by Gasteiger charge is -2.35. The summed E-state index contributed by atoms with van der Waals surface area (Å²) in [5.74, 6) is -1.58. The fourth-order valence-corrected chi connectivity index (χ4v) is 4.68. The Morgan fingerprint density at radius 1 is 1.09 bits per heavy atom. The van der Waals surface area contributed by atoms with Crippen molar-refractivity contribution in [2.45, 2.75) is 31.6 Å². The third-order valence-electron chi connectivity index (χ3n) is 6.40. The van der Waals surface area contributed by atoms with E-state index in [1.54, 1.807) is 16.8 Å². The summed E-state index contributed by atoms with van der Waals surface area (Å²) in [6.45, 7) is 0. The lowest BCUT2D eigenvalue weighted by molar-refractivity contribution is -0.125. The molecule has 4 aromatic rings. The number of rotatable bonds is 6. The molecule has 1 fully saturated rings. The van der Waals surface area contributed by atoms with E-state index in [0.29, 0.717) is 42.3 Å². The minimum Gasteiger partial charge on any atom is -0.352 e. The molecule has 1 saturated carbocycles. The molecule has 0 bridgehead atoms. The molecule has 2 aromatic heterocycles. The second-order valence-electron chi connectivity index (χ2n) is 8.54. The van der Waals surface area contributed by atoms with Crippen LogP contribution in [0.2, 0.25) is 0 Å². The molecule has 0 unspecified atom stereocenters. The van der Waals surface area contributed by atoms with Gasteiger partial charge in [0, 0.05) is 37.0 Å². The topological polar surface area (TPSA) is 50.7 Å². The summed E-state index contributed by atoms with van der Waals surface area (Å²) in [6, 6.07) is 9.99. The number of hydrogen-bond donors (Lipinski definition) is 1. The van der Waals surface area contributed by atoms with Crippen LogP contribution in [0, 0.1) is 23.4 Å². The minimum absolute atomic E-state index is 0.00574. The molecule has 1 N–H and O–H groups in total. The van der Waals surface area contributed by atoms with Gasteiger partial charge in [-0.25, -0.2) is 13.2 Å². The van der Waals surface area contributed by atoms with Gasteiger partial charge in [0.1, 0.15) is 23.2 Å². The van der Waals surface area contributed by atoms with Crippen LogP contribution in [0.5, 0.6) is 0 Å². The number of hydrogen-bond acceptors (Lipinski definition) is 2. The average Bonchev–Trinajstić information content (AvgIpc) is 3.30. The Hall–Kier alpha value is -3.35. The van der Waals surface area contributed by atoms with Gasteiger partial charge < -0.3 is 4.98 Å². The molecule has 4 nitrogen and oxygen atoms in total. The van der Waals surface area contributed by atoms with Crippen molar-refractivity contribution in [3.05, 3.63) is 77.4 Å². The third kappa shape index (κ3) is 3.72. The average molecular weight is 437 g/mol. The van der Waals surface area contributed by atoms with Crippen LogP contribution in [0.1, 0.15) is 36.4 Å². The van der Waals surface area contributed by atoms with Crippen molar-refractivity contribution in [2.24, 2.45) is 13.0 Å². The first kappa shape index (κ1) is 20.5. The fourth-order valence-electron chi connectivity index (χ4n) is 4.68. The number of aryl methyl sites for hydroxylation is 2. The van der Waals surface area contributed by atoms with Gasteiger partial charge in [-0.1, -0.05) is 0 Å². The second-order valence-corrected chi connectivity index (χ2v) is 8.54. The van der Waals surface area contributed by atoms with Gasteiger partial charge in [0.15, 0.2) is 0 Å². The number of nitrogens with zero attached hydrogens (tertiary/aromatic N) is 2. The van der Waals surface area contributed by atoms with Crippen LogP contribution in [0.3, 0.4) is 0 Å². The zero-order valence-corrected chi connectivity index (χ0v) is 17.5. The van der Waals surface area contributed by atoms with Crippen molar-refractivity contribution in [3.63, 3.8) is 0 Å². The van der Waals surface area contributed by atoms with Crippen molar-refractivity contribution >= 4 is 16.7 Å². The number of benzene rings is 2. The van der Waals surface area contributed by atoms with Crippen molar-refractivity contribution in [3.8, 4) is 11.3 Å². The molecule has 0 spiro atoms. The molecule has 164 valence electrons. The molecule has 5 rings (SSSR count). The van der Waals surface area contributed by atoms with Gasteiger partial charge in [0.05, 0.1) is 16.9 Å². The number of aromatic amines is 1. The van der Waals surface area contributed by atoms with Crippen molar-refractivity contribution in [1.29, 1.82) is 0 Å². The maximum absolute atomic E-state index is 14.5. The van der Waals surface area contributed by atoms with E-state index >= 15 is 0 Å². The van der Waals surface area contributed by atoms with E-state index in [4.69, 9.17) is 0 Å². The molecule has 0 saturated heterocycles. The van der Waals surface area contributed by atoms with Gasteiger partial charge in [0.25, 0.3) is 0 Å². The Balaban J connectivity index is 1.40. The lowest BCUT2D eigenvalue weighted by Crippen LogP contribution is -2.29. The molecule has 32 heavy (non-hydrogen) atoms. The van der Waals surface area contributed by atoms with E-state index in [1.807, 2.05) is 19.3 Å². The number of halogens is 3. The van der Waals surface area contributed by atoms with Crippen LogP contribution in [-0.2, 0) is 18.3 Å². The predicted molar refractivity (Wildman–Crippen MR) is 116 cm³/mol. The molecule has 2 aromatic carbocycles. The summed E-state index contributed by atoms with van der Waals surface area (Å²) in [5, 5.41) is 4.78. The summed E-state index contributed by atoms with van der Waals surface area (Å²) in [4.78, 5) is 15.8. The Morgan fingerprint density at radius 2 is 1.84 bits per heavy atom. The molecular weight excluding hydrogens is 415 g/mol. The Morgan fingerprint density at radius 3 is 2.53 bits per heavy atom. The molecule has 7 heteroatoms. The summed E-state index contributed by atoms with van der Waals surface area (Å²) in [7, 11) is 1.84. The summed E-state index contributed by atoms with van der Waals surface area (Å²) in [6.07, 6.45) is 4.13. The van der Waals surface area contributed by atoms with Gasteiger partial charge in [-0.05, 0) is 72.7 Å². The number of fused-ring (bicyclic) bond motifs is 1. The Kier molecular flexibility index (Phi) is 5.12. The van der Waals surface area contributed by atoms with Crippen LogP contribution < -0.4 is 0 Å². The van der Waals surface area contributed by atoms with E-state index < -0.39 is 11.6 Å². The SMILES string of the molecule is Cn1ccc(CCC(=O)C2CC(c3c(-c4ccc(F)cc4)[nH]c4c(F)cc(F)cc34)C2)n1. The van der Waals surface area contributed by atoms with Gasteiger partial charge in [-0.2, -0.15) is 5.10 Å². The number of ketones is 1. The van der Waals surface area contributed by atoms with E-state index in [-0.39, 0.29) is 29.0 Å². The van der Waals surface area contributed by atoms with Gasteiger partial charge in [-0.3, -0.25) is 9.48 Å². The zero-order valence-electron chi connectivity index (χ0n) is 17.5. The second kappa shape index (κ2) is 7.97. The normalized spacial score (nSPS) is 18.1. The first-order valence-electron chi connectivity index (χ1n) is 10.7. The van der Waals surface area contributed by atoms with E-state index in [1.165, 1.54) is 18.2 Å². The first-order valence-corrected chi connectivity index (χ1v) is 10.7. The summed E-state index contributed by atoms with van der Waals surface area (Å²) < 4.78 is 43.7. The molecule has 0 aliphatic heterocycles. The quantitative estimate of drug-likeness (QED) is 0.422. The highest BCUT2D eigenvalue weighted by molar-refractivity contribution is 5.92. The largest absolute Gasteiger partial charge is 0.352 e. The van der Waals surface area contributed by atoms with Gasteiger partial charge in [-0.15, -0.1) is 0 Å². The Labute approximate surface area is 183 Å². The molecule has 1 aliphatic carbocycles. The van der Waals surface area contributed by atoms with E-state index in [2.05, 4.69) is 10.1 Å². The highest BCUT2D eigenvalue weighted by Crippen LogP contribution is 2.48. The van der Waals surface area contributed by atoms with Gasteiger partial charge >= 0.3 is 0 Å². The minimum atomic E-state index is -0.670. The lowest BCUT2D eigenvalue weighted by atomic mass is 9.68. The van der Waals surface area contributed by atoms with E-state index in [0.717, 1.165) is 17.3 Å². The van der Waals surface area contributed by atoms with Gasteiger partial charge in [0.2, 0.25) is 0 Å². The zero-order chi connectivity index (χ0) is 22.4. The molecule has 0 amide bonds. The van der Waals surface area contributed by atoms with Crippen molar-refractivity contribution in [1.82, 2.24) is 14.8 Å². The first-order chi connectivity index (χ1) is 15.4. The smallest absolute Gasteiger partial charge is 0.150 e. The van der Waals surface area contributed by atoms with Crippen molar-refractivity contribution < 1.29 is 18.0 Å². The maximum Gasteiger partial charge on any atom is 0.150 e. The summed E-state index contributed by atoms with van der Waals surface area (Å²) in [5.41, 5.74) is 3.25. The predicted octanol–water partition coefficient (Wildman–Crippen LogP) is 5.68. The van der Waals surface area contributed by atoms with Crippen LogP contribution in [0.25, 0.3) is 22.2 Å². The van der Waals surface area contributed by atoms with Crippen molar-refractivity contribution in [2.75, 3.05) is 0 Å². The number of carbonyl (C=O) groups excluding carboxylic acids is 1. The van der Waals surface area contributed by atoms with Crippen LogP contribution in [0.4, 0.5) is 13.2 Å². The number of Topliss-reactive ketones (excluding diaryl/α,β-unsaturated/α-hetero) is 1. The number of H-pyrrole nitrogens is 1. The monoisotopic (exact) mass is 437 g/mol. The molecule has 1 aliphatic rings. The standard InChI is InChI=1S/C25H22F3N3O/c1-31-9-8-19(30-31)6-7-22(32)15-10-16(11-15)23-20-12-18(27)13-21(28)25(20)29-24(23)14-2-4-17(26)5-3-14/h2-5,8-9,12-13,15-16,29H,6-7,10-11H2,1H3. The highest BCUT2D eigenvalue weighted by Gasteiger charge is 2.38. The van der Waals surface area contributed by atoms with Crippen LogP contribution in [0.15, 0.2) is 48.7 Å².